The zero-order chi connectivity index (χ0) is 10.6. The lowest BCUT2D eigenvalue weighted by atomic mass is 9.81. The lowest BCUT2D eigenvalue weighted by Gasteiger charge is -2.37. The summed E-state index contributed by atoms with van der Waals surface area (Å²) in [5.74, 6) is 2.51. The summed E-state index contributed by atoms with van der Waals surface area (Å²) in [6.45, 7) is 8.18. The Morgan fingerprint density at radius 1 is 1.43 bits per heavy atom. The second-order valence-corrected chi connectivity index (χ2v) is 5.04. The summed E-state index contributed by atoms with van der Waals surface area (Å²) in [7, 11) is 0. The van der Waals surface area contributed by atoms with Crippen LogP contribution in [0.2, 0.25) is 0 Å². The average molecular weight is 195 g/mol. The molecule has 0 bridgehead atoms. The van der Waals surface area contributed by atoms with Gasteiger partial charge in [-0.15, -0.1) is 6.42 Å². The van der Waals surface area contributed by atoms with E-state index < -0.39 is 0 Å². The van der Waals surface area contributed by atoms with Gasteiger partial charge in [-0.05, 0) is 18.3 Å². The molecule has 1 N–H and O–H groups in total. The van der Waals surface area contributed by atoms with Crippen molar-refractivity contribution < 1.29 is 4.74 Å². The summed E-state index contributed by atoms with van der Waals surface area (Å²) in [6, 6.07) is 0.605. The predicted molar refractivity (Wildman–Crippen MR) is 59.1 cm³/mol. The molecule has 80 valence electrons. The zero-order valence-corrected chi connectivity index (χ0v) is 9.47. The van der Waals surface area contributed by atoms with Crippen LogP contribution in [0.1, 0.15) is 33.6 Å². The first kappa shape index (κ1) is 11.6. The van der Waals surface area contributed by atoms with Crippen molar-refractivity contribution in [3.63, 3.8) is 0 Å². The molecule has 0 saturated carbocycles. The SMILES string of the molecule is C#CCOC1CCC(C(C)(C)C)NC1. The molecule has 1 aliphatic rings. The lowest BCUT2D eigenvalue weighted by Crippen LogP contribution is -2.48. The van der Waals surface area contributed by atoms with Crippen molar-refractivity contribution in [3.8, 4) is 12.3 Å². The van der Waals surface area contributed by atoms with Crippen molar-refractivity contribution in [2.45, 2.75) is 45.8 Å². The molecule has 2 atom stereocenters. The molecule has 14 heavy (non-hydrogen) atoms. The molecule has 2 heteroatoms. The van der Waals surface area contributed by atoms with E-state index >= 15 is 0 Å². The molecule has 0 aromatic heterocycles. The van der Waals surface area contributed by atoms with E-state index in [4.69, 9.17) is 11.2 Å². The number of nitrogens with one attached hydrogen (secondary N) is 1. The summed E-state index contributed by atoms with van der Waals surface area (Å²) in [5, 5.41) is 3.52. The number of hydrogen-bond donors (Lipinski definition) is 1. The Balaban J connectivity index is 2.29. The summed E-state index contributed by atoms with van der Waals surface area (Å²) in [4.78, 5) is 0. The molecule has 0 aliphatic carbocycles. The van der Waals surface area contributed by atoms with Crippen LogP contribution >= 0.6 is 0 Å². The largest absolute Gasteiger partial charge is 0.364 e. The zero-order valence-electron chi connectivity index (χ0n) is 9.47. The average Bonchev–Trinajstić information content (AvgIpc) is 2.14. The minimum Gasteiger partial charge on any atom is -0.364 e. The van der Waals surface area contributed by atoms with Gasteiger partial charge in [0.1, 0.15) is 6.61 Å². The molecule has 1 rings (SSSR count). The summed E-state index contributed by atoms with van der Waals surface area (Å²) >= 11 is 0. The van der Waals surface area contributed by atoms with Gasteiger partial charge >= 0.3 is 0 Å². The van der Waals surface area contributed by atoms with Crippen molar-refractivity contribution in [2.75, 3.05) is 13.2 Å². The third kappa shape index (κ3) is 3.32. The van der Waals surface area contributed by atoms with Crippen LogP contribution < -0.4 is 5.32 Å². The van der Waals surface area contributed by atoms with Gasteiger partial charge in [0, 0.05) is 12.6 Å². The summed E-state index contributed by atoms with van der Waals surface area (Å²) in [5.41, 5.74) is 0.344. The number of terminal acetylenes is 1. The van der Waals surface area contributed by atoms with Crippen LogP contribution in [0.3, 0.4) is 0 Å². The van der Waals surface area contributed by atoms with Gasteiger partial charge in [-0.3, -0.25) is 0 Å². The normalized spacial score (nSPS) is 28.4. The maximum absolute atomic E-state index is 5.49. The van der Waals surface area contributed by atoms with Gasteiger partial charge in [0.2, 0.25) is 0 Å². The minimum absolute atomic E-state index is 0.310. The number of piperidine rings is 1. The summed E-state index contributed by atoms with van der Waals surface area (Å²) < 4.78 is 5.49. The standard InChI is InChI=1S/C12H21NO/c1-5-8-14-10-6-7-11(13-9-10)12(2,3)4/h1,10-11,13H,6-9H2,2-4H3. The number of hydrogen-bond acceptors (Lipinski definition) is 2. The predicted octanol–water partition coefficient (Wildman–Crippen LogP) is 1.80. The van der Waals surface area contributed by atoms with E-state index in [1.165, 1.54) is 6.42 Å². The molecule has 0 amide bonds. The maximum atomic E-state index is 5.49. The topological polar surface area (TPSA) is 21.3 Å². The van der Waals surface area contributed by atoms with E-state index in [0.29, 0.717) is 24.2 Å². The van der Waals surface area contributed by atoms with Crippen LogP contribution in [0, 0.1) is 17.8 Å². The Bertz CT molecular complexity index is 203. The molecular formula is C12H21NO. The Kier molecular flexibility index (Phi) is 3.97. The highest BCUT2D eigenvalue weighted by molar-refractivity contribution is 4.88. The fourth-order valence-corrected chi connectivity index (χ4v) is 1.88. The van der Waals surface area contributed by atoms with Crippen molar-refractivity contribution in [1.29, 1.82) is 0 Å². The van der Waals surface area contributed by atoms with Crippen molar-refractivity contribution >= 4 is 0 Å². The van der Waals surface area contributed by atoms with E-state index in [1.54, 1.807) is 0 Å². The minimum atomic E-state index is 0.310. The molecule has 0 aromatic carbocycles. The van der Waals surface area contributed by atoms with Crippen molar-refractivity contribution in [1.82, 2.24) is 5.32 Å². The van der Waals surface area contributed by atoms with Gasteiger partial charge in [0.05, 0.1) is 6.10 Å². The molecule has 1 heterocycles. The molecular weight excluding hydrogens is 174 g/mol. The van der Waals surface area contributed by atoms with Crippen LogP contribution in [-0.4, -0.2) is 25.3 Å². The van der Waals surface area contributed by atoms with Crippen LogP contribution in [0.25, 0.3) is 0 Å². The number of ether oxygens (including phenoxy) is 1. The highest BCUT2D eigenvalue weighted by atomic mass is 16.5. The van der Waals surface area contributed by atoms with E-state index in [9.17, 15) is 0 Å². The second-order valence-electron chi connectivity index (χ2n) is 5.04. The Hall–Kier alpha value is -0.520. The second kappa shape index (κ2) is 4.82. The smallest absolute Gasteiger partial charge is 0.107 e. The Morgan fingerprint density at radius 2 is 2.14 bits per heavy atom. The van der Waals surface area contributed by atoms with Gasteiger partial charge < -0.3 is 10.1 Å². The first-order valence-corrected chi connectivity index (χ1v) is 5.32. The van der Waals surface area contributed by atoms with Crippen LogP contribution in [0.4, 0.5) is 0 Å². The van der Waals surface area contributed by atoms with Crippen LogP contribution in [0.15, 0.2) is 0 Å². The van der Waals surface area contributed by atoms with Crippen LogP contribution in [-0.2, 0) is 4.74 Å². The van der Waals surface area contributed by atoms with E-state index in [-0.39, 0.29) is 0 Å². The summed E-state index contributed by atoms with van der Waals surface area (Å²) in [6.07, 6.45) is 7.76. The molecule has 0 radical (unpaired) electrons. The molecule has 1 fully saturated rings. The van der Waals surface area contributed by atoms with Crippen molar-refractivity contribution in [3.05, 3.63) is 0 Å². The quantitative estimate of drug-likeness (QED) is 0.678. The highest BCUT2D eigenvalue weighted by Gasteiger charge is 2.29. The van der Waals surface area contributed by atoms with Gasteiger partial charge in [0.15, 0.2) is 0 Å². The van der Waals surface area contributed by atoms with Crippen molar-refractivity contribution in [2.24, 2.45) is 5.41 Å². The van der Waals surface area contributed by atoms with E-state index in [1.807, 2.05) is 0 Å². The lowest BCUT2D eigenvalue weighted by molar-refractivity contribution is 0.0371. The van der Waals surface area contributed by atoms with Gasteiger partial charge in [-0.1, -0.05) is 26.7 Å². The van der Waals surface area contributed by atoms with E-state index in [2.05, 4.69) is 32.0 Å². The third-order valence-corrected chi connectivity index (χ3v) is 2.82. The fourth-order valence-electron chi connectivity index (χ4n) is 1.88. The molecule has 2 unspecified atom stereocenters. The molecule has 0 spiro atoms. The Morgan fingerprint density at radius 3 is 2.57 bits per heavy atom. The first-order chi connectivity index (χ1) is 6.54. The maximum Gasteiger partial charge on any atom is 0.107 e. The molecule has 0 aromatic rings. The first-order valence-electron chi connectivity index (χ1n) is 5.32. The number of rotatable bonds is 2. The third-order valence-electron chi connectivity index (χ3n) is 2.82. The van der Waals surface area contributed by atoms with Crippen LogP contribution in [0.5, 0.6) is 0 Å². The Labute approximate surface area is 87.4 Å². The van der Waals surface area contributed by atoms with Gasteiger partial charge in [0.25, 0.3) is 0 Å². The van der Waals surface area contributed by atoms with Gasteiger partial charge in [-0.2, -0.15) is 0 Å². The van der Waals surface area contributed by atoms with E-state index in [0.717, 1.165) is 13.0 Å². The highest BCUT2D eigenvalue weighted by Crippen LogP contribution is 2.26. The molecule has 1 aliphatic heterocycles. The fraction of sp³-hybridized carbons (Fsp3) is 0.833. The molecule has 1 saturated heterocycles. The van der Waals surface area contributed by atoms with Gasteiger partial charge in [-0.25, -0.2) is 0 Å². The molecule has 2 nitrogen and oxygen atoms in total. The monoisotopic (exact) mass is 195 g/mol.